The summed E-state index contributed by atoms with van der Waals surface area (Å²) in [6.07, 6.45) is 3.50. The molecule has 1 aromatic rings. The van der Waals surface area contributed by atoms with E-state index >= 15 is 0 Å². The predicted molar refractivity (Wildman–Crippen MR) is 101 cm³/mol. The van der Waals surface area contributed by atoms with Crippen molar-refractivity contribution in [2.24, 2.45) is 0 Å². The van der Waals surface area contributed by atoms with Gasteiger partial charge in [0.1, 0.15) is 0 Å². The second-order valence-corrected chi connectivity index (χ2v) is 6.30. The minimum absolute atomic E-state index is 0. The Labute approximate surface area is 172 Å². The maximum absolute atomic E-state index is 12.6. The molecule has 1 heterocycles. The molecule has 0 aromatic heterocycles. The first-order valence-corrected chi connectivity index (χ1v) is 9.97. The summed E-state index contributed by atoms with van der Waals surface area (Å²) in [6, 6.07) is 7.85. The summed E-state index contributed by atoms with van der Waals surface area (Å²) in [5.41, 5.74) is 1.03. The van der Waals surface area contributed by atoms with Crippen LogP contribution in [0.2, 0.25) is 0 Å². The van der Waals surface area contributed by atoms with Gasteiger partial charge < -0.3 is 10.4 Å². The van der Waals surface area contributed by atoms with Crippen molar-refractivity contribution < 1.29 is 43.2 Å². The molecular weight excluding hydrogens is 536 g/mol. The van der Waals surface area contributed by atoms with Gasteiger partial charge in [0, 0.05) is 33.0 Å². The fourth-order valence-corrected chi connectivity index (χ4v) is 3.10. The summed E-state index contributed by atoms with van der Waals surface area (Å²) in [6.45, 7) is 8.72. The van der Waals surface area contributed by atoms with E-state index < -0.39 is 8.60 Å². The van der Waals surface area contributed by atoms with Crippen molar-refractivity contribution >= 4 is 8.60 Å². The van der Waals surface area contributed by atoms with E-state index in [-0.39, 0.29) is 32.0 Å². The Morgan fingerprint density at radius 1 is 1.12 bits per heavy atom. The van der Waals surface area contributed by atoms with Crippen molar-refractivity contribution in [2.45, 2.75) is 46.1 Å². The zero-order valence-corrected chi connectivity index (χ0v) is 19.5. The van der Waals surface area contributed by atoms with Gasteiger partial charge >= 0.3 is 8.60 Å². The summed E-state index contributed by atoms with van der Waals surface area (Å²) >= 11 is 0. The molecule has 1 aliphatic rings. The van der Waals surface area contributed by atoms with Crippen LogP contribution in [-0.2, 0) is 33.7 Å². The van der Waals surface area contributed by atoms with Crippen LogP contribution in [0, 0.1) is 11.9 Å². The predicted octanol–water partition coefficient (Wildman–Crippen LogP) is 4.89. The molecule has 0 aliphatic carbocycles. The molecule has 1 aromatic carbocycles. The van der Waals surface area contributed by atoms with Crippen LogP contribution >= 0.6 is 8.60 Å². The monoisotopic (exact) mass is 569 g/mol. The standard InChI is InChI=1S/C11H12FN.C6H16O3P.CH4O.Ir/c12-10-6-4-9(5-7-10)11-3-1-2-8-13-11;1-4-7-10(8-5-2)9-6-3;1-2;/h4,6-7,11H,1-3,8H2;10H,4-6H2,1-3H3;2H,1H3;/q-2;+1;;. The molecule has 1 unspecified atom stereocenters. The van der Waals surface area contributed by atoms with E-state index in [0.717, 1.165) is 25.6 Å². The average molecular weight is 569 g/mol. The maximum atomic E-state index is 12.6. The van der Waals surface area contributed by atoms with Crippen LogP contribution in [0.1, 0.15) is 51.6 Å². The molecule has 1 aliphatic heterocycles. The Morgan fingerprint density at radius 2 is 1.69 bits per heavy atom. The first-order chi connectivity index (χ1) is 12.2. The van der Waals surface area contributed by atoms with E-state index in [4.69, 9.17) is 18.7 Å². The smallest absolute Gasteiger partial charge is 0.397 e. The quantitative estimate of drug-likeness (QED) is 0.376. The van der Waals surface area contributed by atoms with Gasteiger partial charge in [-0.15, -0.1) is 24.7 Å². The fraction of sp³-hybridized carbons (Fsp3) is 0.667. The number of nitrogens with zero attached hydrogens (tertiary/aromatic N) is 1. The third-order valence-electron chi connectivity index (χ3n) is 3.18. The van der Waals surface area contributed by atoms with Gasteiger partial charge in [0.2, 0.25) is 0 Å². The molecule has 0 spiro atoms. The van der Waals surface area contributed by atoms with Crippen molar-refractivity contribution in [1.29, 1.82) is 0 Å². The molecule has 1 saturated heterocycles. The molecular formula is C18H32FIrNO4P-. The molecule has 26 heavy (non-hydrogen) atoms. The Bertz CT molecular complexity index is 394. The van der Waals surface area contributed by atoms with E-state index in [1.54, 1.807) is 6.07 Å². The van der Waals surface area contributed by atoms with Crippen molar-refractivity contribution in [1.82, 2.24) is 0 Å². The SMILES string of the molecule is CCO[PH+](OCC)OCC.CO.Fc1c[c-]c(C2CCCC[N-]2)cc1.[Ir]. The Morgan fingerprint density at radius 3 is 2.08 bits per heavy atom. The zero-order valence-electron chi connectivity index (χ0n) is 16.1. The second-order valence-electron chi connectivity index (χ2n) is 4.93. The molecule has 1 N–H and O–H groups in total. The van der Waals surface area contributed by atoms with Crippen LogP contribution < -0.4 is 0 Å². The molecule has 0 saturated carbocycles. The number of halogens is 1. The summed E-state index contributed by atoms with van der Waals surface area (Å²) in [5.74, 6) is -0.223. The van der Waals surface area contributed by atoms with E-state index in [2.05, 4.69) is 11.4 Å². The van der Waals surface area contributed by atoms with E-state index in [9.17, 15) is 4.39 Å². The number of hydrogen-bond donors (Lipinski definition) is 1. The topological polar surface area (TPSA) is 62.0 Å². The molecule has 1 fully saturated rings. The van der Waals surface area contributed by atoms with Crippen LogP contribution in [0.5, 0.6) is 0 Å². The Kier molecular flexibility index (Phi) is 21.5. The first kappa shape index (κ1) is 28.2. The molecule has 0 bridgehead atoms. The number of aliphatic hydroxyl groups is 1. The van der Waals surface area contributed by atoms with Crippen LogP contribution in [0.25, 0.3) is 5.32 Å². The van der Waals surface area contributed by atoms with E-state index in [1.165, 1.54) is 25.0 Å². The van der Waals surface area contributed by atoms with Gasteiger partial charge in [0.25, 0.3) is 0 Å². The van der Waals surface area contributed by atoms with E-state index in [1.807, 2.05) is 20.8 Å². The molecule has 0 amide bonds. The molecule has 1 radical (unpaired) electrons. The van der Waals surface area contributed by atoms with E-state index in [0.29, 0.717) is 19.8 Å². The summed E-state index contributed by atoms with van der Waals surface area (Å²) in [5, 5.41) is 11.5. The second kappa shape index (κ2) is 19.8. The van der Waals surface area contributed by atoms with Gasteiger partial charge in [-0.1, -0.05) is 19.3 Å². The molecule has 155 valence electrons. The van der Waals surface area contributed by atoms with Crippen molar-refractivity contribution in [3.63, 3.8) is 0 Å². The zero-order chi connectivity index (χ0) is 18.9. The van der Waals surface area contributed by atoms with Gasteiger partial charge in [-0.25, -0.2) is 0 Å². The molecule has 2 rings (SSSR count). The van der Waals surface area contributed by atoms with Crippen LogP contribution in [-0.4, -0.2) is 38.6 Å². The summed E-state index contributed by atoms with van der Waals surface area (Å²) < 4.78 is 28.1. The Balaban J connectivity index is 0. The van der Waals surface area contributed by atoms with Crippen molar-refractivity contribution in [2.75, 3.05) is 33.5 Å². The first-order valence-electron chi connectivity index (χ1n) is 8.75. The number of aliphatic hydroxyl groups excluding tert-OH is 1. The Hall–Kier alpha value is 0.0294. The van der Waals surface area contributed by atoms with Crippen molar-refractivity contribution in [3.05, 3.63) is 41.0 Å². The number of piperidine rings is 1. The van der Waals surface area contributed by atoms with Gasteiger partial charge in [0.05, 0.1) is 19.8 Å². The minimum Gasteiger partial charge on any atom is -0.657 e. The van der Waals surface area contributed by atoms with Crippen molar-refractivity contribution in [3.8, 4) is 0 Å². The fourth-order valence-electron chi connectivity index (χ4n) is 2.15. The summed E-state index contributed by atoms with van der Waals surface area (Å²) in [7, 11) is -0.397. The van der Waals surface area contributed by atoms with Gasteiger partial charge in [-0.3, -0.25) is 4.39 Å². The molecule has 5 nitrogen and oxygen atoms in total. The molecule has 8 heteroatoms. The third kappa shape index (κ3) is 13.2. The van der Waals surface area contributed by atoms with Crippen LogP contribution in [0.15, 0.2) is 18.2 Å². The number of benzene rings is 1. The number of rotatable bonds is 7. The average Bonchev–Trinajstić information content (AvgIpc) is 2.66. The normalized spacial score (nSPS) is 15.9. The van der Waals surface area contributed by atoms with Crippen LogP contribution in [0.4, 0.5) is 4.39 Å². The summed E-state index contributed by atoms with van der Waals surface area (Å²) in [4.78, 5) is 0. The van der Waals surface area contributed by atoms with Gasteiger partial charge in [-0.2, -0.15) is 31.3 Å². The molecule has 1 atom stereocenters. The third-order valence-corrected chi connectivity index (χ3v) is 4.75. The minimum atomic E-state index is -1.40. The maximum Gasteiger partial charge on any atom is 0.397 e. The van der Waals surface area contributed by atoms with Gasteiger partial charge in [-0.05, 0) is 20.8 Å². The van der Waals surface area contributed by atoms with Crippen LogP contribution in [0.3, 0.4) is 0 Å². The number of hydrogen-bond acceptors (Lipinski definition) is 4. The van der Waals surface area contributed by atoms with Gasteiger partial charge in [0.15, 0.2) is 0 Å². The largest absolute Gasteiger partial charge is 0.657 e.